The number of Topliss-reactive ketones (excluding diaryl/α,β-unsaturated/α-hetero) is 1. The van der Waals surface area contributed by atoms with Crippen molar-refractivity contribution in [2.24, 2.45) is 0 Å². The van der Waals surface area contributed by atoms with Crippen molar-refractivity contribution in [1.29, 1.82) is 0 Å². The minimum absolute atomic E-state index is 0.0919. The van der Waals surface area contributed by atoms with Gasteiger partial charge in [-0.3, -0.25) is 9.59 Å². The summed E-state index contributed by atoms with van der Waals surface area (Å²) in [6.45, 7) is 3.44. The summed E-state index contributed by atoms with van der Waals surface area (Å²) >= 11 is 5.90. The fourth-order valence-corrected chi connectivity index (χ4v) is 3.56. The van der Waals surface area contributed by atoms with Gasteiger partial charge in [-0.2, -0.15) is 0 Å². The van der Waals surface area contributed by atoms with Gasteiger partial charge in [0, 0.05) is 17.1 Å². The molecule has 1 fully saturated rings. The summed E-state index contributed by atoms with van der Waals surface area (Å²) in [7, 11) is 0. The van der Waals surface area contributed by atoms with E-state index < -0.39 is 23.8 Å². The Labute approximate surface area is 178 Å². The lowest BCUT2D eigenvalue weighted by molar-refractivity contribution is -0.140. The van der Waals surface area contributed by atoms with Gasteiger partial charge in [-0.25, -0.2) is 0 Å². The average Bonchev–Trinajstić information content (AvgIpc) is 2.94. The summed E-state index contributed by atoms with van der Waals surface area (Å²) in [6.07, 6.45) is -0.898. The van der Waals surface area contributed by atoms with Gasteiger partial charge in [0.1, 0.15) is 5.76 Å². The molecule has 0 saturated carbocycles. The second-order valence-corrected chi connectivity index (χ2v) is 7.40. The van der Waals surface area contributed by atoms with Crippen molar-refractivity contribution in [3.8, 4) is 11.5 Å². The lowest BCUT2D eigenvalue weighted by atomic mass is 9.95. The third kappa shape index (κ3) is 4.13. The number of hydrogen-bond acceptors (Lipinski definition) is 6. The fraction of sp³-hybridized carbons (Fsp3) is 0.273. The highest BCUT2D eigenvalue weighted by Crippen LogP contribution is 2.41. The van der Waals surface area contributed by atoms with Crippen LogP contribution in [0.4, 0.5) is 0 Å². The number of nitrogens with zero attached hydrogens (tertiary/aromatic N) is 1. The van der Waals surface area contributed by atoms with Gasteiger partial charge in [0.2, 0.25) is 0 Å². The molecule has 1 aliphatic rings. The van der Waals surface area contributed by atoms with E-state index in [0.29, 0.717) is 22.8 Å². The molecule has 0 bridgehead atoms. The summed E-state index contributed by atoms with van der Waals surface area (Å²) < 4.78 is 5.42. The Morgan fingerprint density at radius 1 is 1.20 bits per heavy atom. The number of carbonyl (C=O) groups is 2. The van der Waals surface area contributed by atoms with E-state index >= 15 is 0 Å². The molecule has 0 aliphatic carbocycles. The van der Waals surface area contributed by atoms with Crippen LogP contribution in [0.15, 0.2) is 48.0 Å². The standard InChI is InChI=1S/C22H22ClNO6/c1-3-30-17-10-14(6-9-16(17)26)19-18(20(27)13-4-7-15(23)8-5-13)21(28)22(29)24(19)11-12(2)25/h4-10,12,19,25-27H,3,11H2,1-2H3/b20-18-. The van der Waals surface area contributed by atoms with Gasteiger partial charge in [-0.15, -0.1) is 0 Å². The van der Waals surface area contributed by atoms with Crippen LogP contribution in [-0.4, -0.2) is 51.2 Å². The van der Waals surface area contributed by atoms with Crippen LogP contribution in [0.25, 0.3) is 5.76 Å². The lowest BCUT2D eigenvalue weighted by Crippen LogP contribution is -2.35. The van der Waals surface area contributed by atoms with Crippen LogP contribution in [0.5, 0.6) is 11.5 Å². The monoisotopic (exact) mass is 431 g/mol. The number of ketones is 1. The highest BCUT2D eigenvalue weighted by atomic mass is 35.5. The number of phenols is 1. The maximum atomic E-state index is 12.8. The summed E-state index contributed by atoms with van der Waals surface area (Å²) in [4.78, 5) is 26.8. The van der Waals surface area contributed by atoms with Gasteiger partial charge in [-0.1, -0.05) is 17.7 Å². The maximum Gasteiger partial charge on any atom is 0.295 e. The third-order valence-corrected chi connectivity index (χ3v) is 4.97. The number of carbonyl (C=O) groups excluding carboxylic acids is 2. The number of likely N-dealkylation sites (tertiary alicyclic amines) is 1. The molecule has 1 aliphatic heterocycles. The van der Waals surface area contributed by atoms with E-state index in [-0.39, 0.29) is 29.4 Å². The van der Waals surface area contributed by atoms with E-state index in [1.165, 1.54) is 24.0 Å². The second-order valence-electron chi connectivity index (χ2n) is 6.97. The largest absolute Gasteiger partial charge is 0.507 e. The summed E-state index contributed by atoms with van der Waals surface area (Å²) in [5.74, 6) is -1.95. The van der Waals surface area contributed by atoms with Crippen LogP contribution in [0.3, 0.4) is 0 Å². The van der Waals surface area contributed by atoms with Crippen LogP contribution in [0.1, 0.15) is 31.0 Å². The molecule has 7 nitrogen and oxygen atoms in total. The predicted molar refractivity (Wildman–Crippen MR) is 111 cm³/mol. The Bertz CT molecular complexity index is 999. The number of ether oxygens (including phenoxy) is 1. The van der Waals surface area contributed by atoms with Crippen molar-refractivity contribution in [2.75, 3.05) is 13.2 Å². The quantitative estimate of drug-likeness (QED) is 0.368. The molecular weight excluding hydrogens is 410 g/mol. The molecular formula is C22H22ClNO6. The number of halogens is 1. The minimum atomic E-state index is -0.963. The zero-order valence-electron chi connectivity index (χ0n) is 16.5. The summed E-state index contributed by atoms with van der Waals surface area (Å²) in [5, 5.41) is 31.3. The zero-order chi connectivity index (χ0) is 22.0. The van der Waals surface area contributed by atoms with E-state index in [0.717, 1.165) is 0 Å². The van der Waals surface area contributed by atoms with E-state index in [1.807, 2.05) is 0 Å². The number of amides is 1. The van der Waals surface area contributed by atoms with Crippen molar-refractivity contribution in [3.05, 3.63) is 64.2 Å². The summed E-state index contributed by atoms with van der Waals surface area (Å²) in [5.41, 5.74) is 0.658. The molecule has 1 heterocycles. The van der Waals surface area contributed by atoms with E-state index in [1.54, 1.807) is 37.3 Å². The number of rotatable bonds is 6. The van der Waals surface area contributed by atoms with Gasteiger partial charge in [-0.05, 0) is 55.8 Å². The van der Waals surface area contributed by atoms with Crippen molar-refractivity contribution in [1.82, 2.24) is 4.90 Å². The number of benzene rings is 2. The van der Waals surface area contributed by atoms with Crippen LogP contribution < -0.4 is 4.74 Å². The predicted octanol–water partition coefficient (Wildman–Crippen LogP) is 3.25. The minimum Gasteiger partial charge on any atom is -0.507 e. The number of aliphatic hydroxyl groups excluding tert-OH is 2. The first-order chi connectivity index (χ1) is 14.2. The smallest absolute Gasteiger partial charge is 0.295 e. The van der Waals surface area contributed by atoms with Crippen LogP contribution in [0.2, 0.25) is 5.02 Å². The van der Waals surface area contributed by atoms with Crippen molar-refractivity contribution in [2.45, 2.75) is 26.0 Å². The van der Waals surface area contributed by atoms with Crippen molar-refractivity contribution in [3.63, 3.8) is 0 Å². The molecule has 0 spiro atoms. The molecule has 30 heavy (non-hydrogen) atoms. The lowest BCUT2D eigenvalue weighted by Gasteiger charge is -2.26. The van der Waals surface area contributed by atoms with Gasteiger partial charge >= 0.3 is 0 Å². The van der Waals surface area contributed by atoms with Crippen LogP contribution >= 0.6 is 11.6 Å². The molecule has 8 heteroatoms. The molecule has 2 atom stereocenters. The second kappa shape index (κ2) is 8.77. The van der Waals surface area contributed by atoms with Gasteiger partial charge in [0.05, 0.1) is 24.3 Å². The van der Waals surface area contributed by atoms with Crippen molar-refractivity contribution < 1.29 is 29.6 Å². The summed E-state index contributed by atoms with van der Waals surface area (Å²) in [6, 6.07) is 9.69. The van der Waals surface area contributed by atoms with E-state index in [4.69, 9.17) is 16.3 Å². The molecule has 158 valence electrons. The molecule has 2 aromatic rings. The SMILES string of the molecule is CCOc1cc(C2/C(=C(/O)c3ccc(Cl)cc3)C(=O)C(=O)N2CC(C)O)ccc1O. The van der Waals surface area contributed by atoms with Gasteiger partial charge < -0.3 is 25.0 Å². The van der Waals surface area contributed by atoms with Crippen molar-refractivity contribution >= 4 is 29.1 Å². The number of β-amino-alcohol motifs (C(OH)–C–C–N with tert-alkyl or cyclic N) is 1. The highest BCUT2D eigenvalue weighted by Gasteiger charge is 2.46. The molecule has 1 amide bonds. The Hall–Kier alpha value is -3.03. The number of phenolic OH excluding ortho intramolecular Hbond substituents is 1. The molecule has 1 saturated heterocycles. The molecule has 0 aromatic heterocycles. The number of aliphatic hydroxyl groups is 2. The molecule has 2 aromatic carbocycles. The molecule has 3 N–H and O–H groups in total. The topological polar surface area (TPSA) is 107 Å². The first kappa shape index (κ1) is 21.7. The average molecular weight is 432 g/mol. The number of hydrogen-bond donors (Lipinski definition) is 3. The van der Waals surface area contributed by atoms with E-state index in [9.17, 15) is 24.9 Å². The van der Waals surface area contributed by atoms with E-state index in [2.05, 4.69) is 0 Å². The Kier molecular flexibility index (Phi) is 6.34. The normalized spacial score (nSPS) is 19.2. The van der Waals surface area contributed by atoms with Gasteiger partial charge in [0.25, 0.3) is 11.7 Å². The van der Waals surface area contributed by atoms with Crippen LogP contribution in [-0.2, 0) is 9.59 Å². The first-order valence-corrected chi connectivity index (χ1v) is 9.80. The first-order valence-electron chi connectivity index (χ1n) is 9.42. The zero-order valence-corrected chi connectivity index (χ0v) is 17.3. The Morgan fingerprint density at radius 2 is 1.87 bits per heavy atom. The Morgan fingerprint density at radius 3 is 2.47 bits per heavy atom. The number of aromatic hydroxyl groups is 1. The third-order valence-electron chi connectivity index (χ3n) is 4.72. The maximum absolute atomic E-state index is 12.8. The molecule has 3 rings (SSSR count). The highest BCUT2D eigenvalue weighted by molar-refractivity contribution is 6.46. The fourth-order valence-electron chi connectivity index (χ4n) is 3.43. The Balaban J connectivity index is 2.20. The van der Waals surface area contributed by atoms with Crippen LogP contribution in [0, 0.1) is 0 Å². The molecule has 2 unspecified atom stereocenters. The van der Waals surface area contributed by atoms with Gasteiger partial charge in [0.15, 0.2) is 11.5 Å². The molecule has 0 radical (unpaired) electrons.